The van der Waals surface area contributed by atoms with Crippen molar-refractivity contribution in [3.05, 3.63) is 34.4 Å². The first-order chi connectivity index (χ1) is 8.89. The quantitative estimate of drug-likeness (QED) is 0.637. The van der Waals surface area contributed by atoms with Crippen LogP contribution in [0.5, 0.6) is 0 Å². The van der Waals surface area contributed by atoms with Crippen LogP contribution in [0.2, 0.25) is 0 Å². The molecule has 0 aliphatic carbocycles. The molecule has 0 radical (unpaired) electrons. The molecule has 0 spiro atoms. The lowest BCUT2D eigenvalue weighted by Gasteiger charge is -2.48. The number of anilines is 1. The molecule has 1 saturated heterocycles. The number of carbonyl (C=O) groups is 1. The Morgan fingerprint density at radius 2 is 2.26 bits per heavy atom. The van der Waals surface area contributed by atoms with Gasteiger partial charge in [0.1, 0.15) is 12.2 Å². The summed E-state index contributed by atoms with van der Waals surface area (Å²) >= 11 is 0. The fourth-order valence-electron chi connectivity index (χ4n) is 2.07. The van der Waals surface area contributed by atoms with Gasteiger partial charge in [-0.1, -0.05) is 6.07 Å². The number of aliphatic carboxylic acids is 1. The van der Waals surface area contributed by atoms with E-state index in [9.17, 15) is 14.9 Å². The maximum atomic E-state index is 10.7. The number of nitrogens with zero attached hydrogens (tertiary/aromatic N) is 2. The van der Waals surface area contributed by atoms with E-state index in [2.05, 4.69) is 0 Å². The second-order valence-corrected chi connectivity index (χ2v) is 4.77. The van der Waals surface area contributed by atoms with Gasteiger partial charge in [-0.05, 0) is 13.0 Å². The van der Waals surface area contributed by atoms with E-state index < -0.39 is 16.5 Å². The predicted octanol–water partition coefficient (Wildman–Crippen LogP) is 1.27. The third-order valence-electron chi connectivity index (χ3n) is 3.00. The topological polar surface area (TPSA) is 92.9 Å². The standard InChI is InChI=1S/C12H14N2O5/c1-12(19-6-11(15)16)7-13(8-12)9-3-2-4-10(5-9)14(17)18/h2-5H,6-8H2,1H3,(H,15,16). The molecule has 102 valence electrons. The number of benzene rings is 1. The molecule has 19 heavy (non-hydrogen) atoms. The Balaban J connectivity index is 1.98. The molecule has 1 aromatic carbocycles. The molecule has 0 aromatic heterocycles. The van der Waals surface area contributed by atoms with E-state index in [1.807, 2.05) is 11.8 Å². The Hall–Kier alpha value is -2.15. The molecular weight excluding hydrogens is 252 g/mol. The molecule has 0 saturated carbocycles. The second kappa shape index (κ2) is 4.85. The minimum Gasteiger partial charge on any atom is -0.480 e. The van der Waals surface area contributed by atoms with E-state index in [-0.39, 0.29) is 12.3 Å². The Labute approximate surface area is 109 Å². The smallest absolute Gasteiger partial charge is 0.329 e. The van der Waals surface area contributed by atoms with Gasteiger partial charge in [-0.2, -0.15) is 0 Å². The van der Waals surface area contributed by atoms with E-state index >= 15 is 0 Å². The van der Waals surface area contributed by atoms with Crippen LogP contribution in [0.4, 0.5) is 11.4 Å². The van der Waals surface area contributed by atoms with Gasteiger partial charge >= 0.3 is 5.97 Å². The number of carboxylic acid groups (broad SMARTS) is 1. The van der Waals surface area contributed by atoms with E-state index in [1.165, 1.54) is 12.1 Å². The molecule has 7 heteroatoms. The second-order valence-electron chi connectivity index (χ2n) is 4.77. The summed E-state index contributed by atoms with van der Waals surface area (Å²) in [6, 6.07) is 6.34. The summed E-state index contributed by atoms with van der Waals surface area (Å²) < 4.78 is 5.28. The van der Waals surface area contributed by atoms with Crippen LogP contribution in [-0.4, -0.2) is 41.3 Å². The molecule has 0 bridgehead atoms. The van der Waals surface area contributed by atoms with Gasteiger partial charge in [0.15, 0.2) is 0 Å². The minimum absolute atomic E-state index is 0.0394. The zero-order valence-corrected chi connectivity index (χ0v) is 10.4. The molecule has 0 atom stereocenters. The van der Waals surface area contributed by atoms with Crippen LogP contribution in [0.3, 0.4) is 0 Å². The summed E-state index contributed by atoms with van der Waals surface area (Å²) in [6.45, 7) is 2.52. The summed E-state index contributed by atoms with van der Waals surface area (Å²) in [5.41, 5.74) is 0.270. The molecule has 1 heterocycles. The van der Waals surface area contributed by atoms with Crippen molar-refractivity contribution in [1.82, 2.24) is 0 Å². The molecular formula is C12H14N2O5. The van der Waals surface area contributed by atoms with Crippen molar-refractivity contribution in [1.29, 1.82) is 0 Å². The fraction of sp³-hybridized carbons (Fsp3) is 0.417. The first-order valence-electron chi connectivity index (χ1n) is 5.75. The van der Waals surface area contributed by atoms with E-state index in [4.69, 9.17) is 9.84 Å². The monoisotopic (exact) mass is 266 g/mol. The number of nitro benzene ring substituents is 1. The SMILES string of the molecule is CC1(OCC(=O)O)CN(c2cccc([N+](=O)[O-])c2)C1. The van der Waals surface area contributed by atoms with E-state index in [1.54, 1.807) is 12.1 Å². The molecule has 0 amide bonds. The average molecular weight is 266 g/mol. The van der Waals surface area contributed by atoms with Crippen molar-refractivity contribution in [3.8, 4) is 0 Å². The van der Waals surface area contributed by atoms with Crippen LogP contribution < -0.4 is 4.90 Å². The highest BCUT2D eigenvalue weighted by atomic mass is 16.6. The van der Waals surface area contributed by atoms with Gasteiger partial charge in [-0.25, -0.2) is 4.79 Å². The number of hydrogen-bond acceptors (Lipinski definition) is 5. The van der Waals surface area contributed by atoms with Crippen molar-refractivity contribution in [2.24, 2.45) is 0 Å². The zero-order chi connectivity index (χ0) is 14.0. The normalized spacial score (nSPS) is 16.8. The van der Waals surface area contributed by atoms with Crippen molar-refractivity contribution < 1.29 is 19.6 Å². The highest BCUT2D eigenvalue weighted by Gasteiger charge is 2.40. The first kappa shape index (κ1) is 13.3. The van der Waals surface area contributed by atoms with Gasteiger partial charge in [-0.15, -0.1) is 0 Å². The van der Waals surface area contributed by atoms with Crippen molar-refractivity contribution >= 4 is 17.3 Å². The lowest BCUT2D eigenvalue weighted by Crippen LogP contribution is -2.62. The lowest BCUT2D eigenvalue weighted by atomic mass is 9.95. The molecule has 0 unspecified atom stereocenters. The van der Waals surface area contributed by atoms with Crippen molar-refractivity contribution in [2.75, 3.05) is 24.6 Å². The number of nitro groups is 1. The van der Waals surface area contributed by atoms with Gasteiger partial charge in [0, 0.05) is 30.9 Å². The molecule has 1 aromatic rings. The van der Waals surface area contributed by atoms with E-state index in [0.717, 1.165) is 5.69 Å². The minimum atomic E-state index is -1.00. The number of rotatable bonds is 5. The first-order valence-corrected chi connectivity index (χ1v) is 5.75. The summed E-state index contributed by atoms with van der Waals surface area (Å²) in [5.74, 6) is -1.00. The average Bonchev–Trinajstić information content (AvgIpc) is 2.33. The number of non-ortho nitro benzene ring substituents is 1. The van der Waals surface area contributed by atoms with Crippen LogP contribution in [-0.2, 0) is 9.53 Å². The number of hydrogen-bond donors (Lipinski definition) is 1. The Kier molecular flexibility index (Phi) is 3.39. The molecule has 1 fully saturated rings. The summed E-state index contributed by atoms with van der Waals surface area (Å²) in [6.07, 6.45) is 0. The lowest BCUT2D eigenvalue weighted by molar-refractivity contribution is -0.384. The van der Waals surface area contributed by atoms with Crippen molar-refractivity contribution in [3.63, 3.8) is 0 Å². The Morgan fingerprint density at radius 3 is 2.84 bits per heavy atom. The number of carboxylic acids is 1. The van der Waals surface area contributed by atoms with Gasteiger partial charge in [0.2, 0.25) is 0 Å². The van der Waals surface area contributed by atoms with Crippen LogP contribution in [0.15, 0.2) is 24.3 Å². The highest BCUT2D eigenvalue weighted by molar-refractivity contribution is 5.68. The van der Waals surface area contributed by atoms with Crippen LogP contribution in [0, 0.1) is 10.1 Å². The van der Waals surface area contributed by atoms with Gasteiger partial charge in [0.05, 0.1) is 4.92 Å². The van der Waals surface area contributed by atoms with Crippen LogP contribution >= 0.6 is 0 Å². The van der Waals surface area contributed by atoms with Crippen molar-refractivity contribution in [2.45, 2.75) is 12.5 Å². The van der Waals surface area contributed by atoms with Crippen LogP contribution in [0.1, 0.15) is 6.92 Å². The largest absolute Gasteiger partial charge is 0.480 e. The Morgan fingerprint density at radius 1 is 1.58 bits per heavy atom. The van der Waals surface area contributed by atoms with Gasteiger partial charge < -0.3 is 14.7 Å². The van der Waals surface area contributed by atoms with Gasteiger partial charge in [0.25, 0.3) is 5.69 Å². The highest BCUT2D eigenvalue weighted by Crippen LogP contribution is 2.31. The van der Waals surface area contributed by atoms with E-state index in [0.29, 0.717) is 13.1 Å². The maximum Gasteiger partial charge on any atom is 0.329 e. The third-order valence-corrected chi connectivity index (χ3v) is 3.00. The fourth-order valence-corrected chi connectivity index (χ4v) is 2.07. The Bertz CT molecular complexity index is 511. The molecule has 1 N–H and O–H groups in total. The van der Waals surface area contributed by atoms with Gasteiger partial charge in [-0.3, -0.25) is 10.1 Å². The molecule has 7 nitrogen and oxygen atoms in total. The van der Waals surface area contributed by atoms with Crippen LogP contribution in [0.25, 0.3) is 0 Å². The predicted molar refractivity (Wildman–Crippen MR) is 67.3 cm³/mol. The summed E-state index contributed by atoms with van der Waals surface area (Å²) in [5, 5.41) is 19.2. The summed E-state index contributed by atoms with van der Waals surface area (Å²) in [7, 11) is 0. The molecule has 1 aliphatic rings. The maximum absolute atomic E-state index is 10.7. The third kappa shape index (κ3) is 3.00. The zero-order valence-electron chi connectivity index (χ0n) is 10.4. The summed E-state index contributed by atoms with van der Waals surface area (Å²) in [4.78, 5) is 22.6. The molecule has 1 aliphatic heterocycles. The number of ether oxygens (including phenoxy) is 1. The molecule has 2 rings (SSSR count).